The van der Waals surface area contributed by atoms with Crippen molar-refractivity contribution >= 4 is 27.7 Å². The lowest BCUT2D eigenvalue weighted by atomic mass is 9.96. The molecule has 1 fully saturated rings. The molecule has 134 valence electrons. The highest BCUT2D eigenvalue weighted by molar-refractivity contribution is 6.06. The number of benzene rings is 2. The zero-order valence-electron chi connectivity index (χ0n) is 14.8. The second-order valence-electron chi connectivity index (χ2n) is 6.97. The molecule has 1 N–H and O–H groups in total. The van der Waals surface area contributed by atoms with Crippen LogP contribution >= 0.6 is 0 Å². The lowest BCUT2D eigenvalue weighted by Crippen LogP contribution is -3.11. The van der Waals surface area contributed by atoms with E-state index in [0.29, 0.717) is 5.58 Å². The minimum Gasteiger partial charge on any atom is -0.469 e. The molecular weight excluding hydrogens is 330 g/mol. The molecule has 0 atom stereocenters. The van der Waals surface area contributed by atoms with Crippen molar-refractivity contribution < 1.29 is 18.8 Å². The quantitative estimate of drug-likeness (QED) is 0.444. The minimum atomic E-state index is -0.313. The van der Waals surface area contributed by atoms with Gasteiger partial charge in [0.15, 0.2) is 0 Å². The van der Waals surface area contributed by atoms with E-state index in [4.69, 9.17) is 9.15 Å². The van der Waals surface area contributed by atoms with Gasteiger partial charge in [0.25, 0.3) is 0 Å². The van der Waals surface area contributed by atoms with E-state index in [9.17, 15) is 9.59 Å². The smallest absolute Gasteiger partial charge is 0.336 e. The molecule has 1 aromatic heterocycles. The molecule has 3 aromatic rings. The second kappa shape index (κ2) is 6.92. The molecule has 0 radical (unpaired) electrons. The van der Waals surface area contributed by atoms with Crippen LogP contribution in [0.4, 0.5) is 0 Å². The number of hydrogen-bond donors (Lipinski definition) is 1. The van der Waals surface area contributed by atoms with Gasteiger partial charge >= 0.3 is 11.6 Å². The van der Waals surface area contributed by atoms with Gasteiger partial charge in [0, 0.05) is 29.9 Å². The Labute approximate surface area is 151 Å². The third kappa shape index (κ3) is 3.10. The maximum absolute atomic E-state index is 12.0. The number of quaternary nitrogens is 1. The van der Waals surface area contributed by atoms with Crippen molar-refractivity contribution in [3.05, 3.63) is 58.4 Å². The van der Waals surface area contributed by atoms with Gasteiger partial charge in [0.2, 0.25) is 0 Å². The minimum absolute atomic E-state index is 0.00201. The van der Waals surface area contributed by atoms with Crippen molar-refractivity contribution in [1.82, 2.24) is 0 Å². The lowest BCUT2D eigenvalue weighted by molar-refractivity contribution is -0.919. The van der Waals surface area contributed by atoms with E-state index in [1.165, 1.54) is 12.0 Å². The Bertz CT molecular complexity index is 1020. The van der Waals surface area contributed by atoms with E-state index in [2.05, 4.69) is 12.1 Å². The van der Waals surface area contributed by atoms with Crippen molar-refractivity contribution in [2.75, 3.05) is 20.2 Å². The summed E-state index contributed by atoms with van der Waals surface area (Å²) in [5.74, 6) is -0.108. The molecule has 1 aliphatic heterocycles. The van der Waals surface area contributed by atoms with Crippen LogP contribution in [0.5, 0.6) is 0 Å². The van der Waals surface area contributed by atoms with Crippen molar-refractivity contribution in [3.8, 4) is 0 Å². The number of carbonyl (C=O) groups is 1. The fourth-order valence-corrected chi connectivity index (χ4v) is 4.03. The maximum atomic E-state index is 12.0. The SMILES string of the molecule is COC(=O)C1CC[NH+](Cc2cc(=O)oc3ccc4ccccc4c23)CC1. The number of carbonyl (C=O) groups excluding carboxylic acids is 1. The van der Waals surface area contributed by atoms with Gasteiger partial charge in [-0.3, -0.25) is 4.79 Å². The zero-order valence-corrected chi connectivity index (χ0v) is 14.8. The molecule has 0 bridgehead atoms. The summed E-state index contributed by atoms with van der Waals surface area (Å²) in [5.41, 5.74) is 1.33. The Kier molecular flexibility index (Phi) is 4.47. The van der Waals surface area contributed by atoms with Gasteiger partial charge < -0.3 is 14.1 Å². The molecule has 0 aliphatic carbocycles. The van der Waals surface area contributed by atoms with Crippen LogP contribution in [0.2, 0.25) is 0 Å². The van der Waals surface area contributed by atoms with Gasteiger partial charge in [-0.1, -0.05) is 30.3 Å². The van der Waals surface area contributed by atoms with Crippen LogP contribution in [0, 0.1) is 5.92 Å². The molecular formula is C21H22NO4+. The van der Waals surface area contributed by atoms with E-state index in [0.717, 1.165) is 54.2 Å². The summed E-state index contributed by atoms with van der Waals surface area (Å²) in [7, 11) is 1.45. The van der Waals surface area contributed by atoms with Gasteiger partial charge in [0.1, 0.15) is 12.1 Å². The normalized spacial score (nSPS) is 20.3. The summed E-state index contributed by atoms with van der Waals surface area (Å²) in [4.78, 5) is 25.1. The number of fused-ring (bicyclic) bond motifs is 3. The number of methoxy groups -OCH3 is 1. The van der Waals surface area contributed by atoms with Crippen LogP contribution < -0.4 is 10.5 Å². The molecule has 4 rings (SSSR count). The van der Waals surface area contributed by atoms with Gasteiger partial charge in [-0.2, -0.15) is 0 Å². The van der Waals surface area contributed by atoms with E-state index >= 15 is 0 Å². The fraction of sp³-hybridized carbons (Fsp3) is 0.333. The highest BCUT2D eigenvalue weighted by Crippen LogP contribution is 2.27. The molecule has 0 unspecified atom stereocenters. The van der Waals surface area contributed by atoms with Crippen molar-refractivity contribution in [3.63, 3.8) is 0 Å². The summed E-state index contributed by atoms with van der Waals surface area (Å²) in [6.45, 7) is 2.54. The average Bonchev–Trinajstić information content (AvgIpc) is 2.67. The summed E-state index contributed by atoms with van der Waals surface area (Å²) in [5, 5.41) is 3.26. The Morgan fingerprint density at radius 2 is 1.96 bits per heavy atom. The standard InChI is InChI=1S/C21H21NO4/c1-25-21(24)15-8-10-22(11-9-15)13-16-12-19(23)26-18-7-6-14-4-2-3-5-17(14)20(16)18/h2-7,12,15H,8-11,13H2,1H3/p+1. The summed E-state index contributed by atoms with van der Waals surface area (Å²) < 4.78 is 10.3. The van der Waals surface area contributed by atoms with Gasteiger partial charge in [-0.25, -0.2) is 4.79 Å². The maximum Gasteiger partial charge on any atom is 0.336 e. The summed E-state index contributed by atoms with van der Waals surface area (Å²) in [6.07, 6.45) is 1.64. The first-order valence-electron chi connectivity index (χ1n) is 9.01. The summed E-state index contributed by atoms with van der Waals surface area (Å²) in [6, 6.07) is 13.6. The van der Waals surface area contributed by atoms with Crippen LogP contribution in [0.25, 0.3) is 21.7 Å². The molecule has 2 aromatic carbocycles. The first kappa shape index (κ1) is 16.8. The number of nitrogens with one attached hydrogen (secondary N) is 1. The Morgan fingerprint density at radius 3 is 2.73 bits per heavy atom. The van der Waals surface area contributed by atoms with Crippen molar-refractivity contribution in [2.45, 2.75) is 19.4 Å². The van der Waals surface area contributed by atoms with Crippen LogP contribution in [0.15, 0.2) is 51.7 Å². The topological polar surface area (TPSA) is 61.0 Å². The molecule has 0 spiro atoms. The second-order valence-corrected chi connectivity index (χ2v) is 6.97. The van der Waals surface area contributed by atoms with Crippen molar-refractivity contribution in [1.29, 1.82) is 0 Å². The monoisotopic (exact) mass is 352 g/mol. The molecule has 5 nitrogen and oxygen atoms in total. The van der Waals surface area contributed by atoms with E-state index in [1.807, 2.05) is 24.3 Å². The number of likely N-dealkylation sites (tertiary alicyclic amines) is 1. The molecule has 1 aliphatic rings. The fourth-order valence-electron chi connectivity index (χ4n) is 4.03. The first-order chi connectivity index (χ1) is 12.7. The number of piperidine rings is 1. The van der Waals surface area contributed by atoms with Crippen LogP contribution in [-0.4, -0.2) is 26.2 Å². The largest absolute Gasteiger partial charge is 0.469 e. The number of ether oxygens (including phenoxy) is 1. The van der Waals surface area contributed by atoms with E-state index < -0.39 is 0 Å². The average molecular weight is 352 g/mol. The van der Waals surface area contributed by atoms with Crippen LogP contribution in [-0.2, 0) is 16.1 Å². The molecule has 5 heteroatoms. The molecule has 2 heterocycles. The molecule has 1 saturated heterocycles. The Hall–Kier alpha value is -2.66. The van der Waals surface area contributed by atoms with Gasteiger partial charge in [0.05, 0.1) is 26.1 Å². The Balaban J connectivity index is 1.67. The first-order valence-corrected chi connectivity index (χ1v) is 9.01. The lowest BCUT2D eigenvalue weighted by Gasteiger charge is -2.28. The number of esters is 1. The zero-order chi connectivity index (χ0) is 18.1. The molecule has 26 heavy (non-hydrogen) atoms. The van der Waals surface area contributed by atoms with Crippen LogP contribution in [0.1, 0.15) is 18.4 Å². The molecule has 0 amide bonds. The van der Waals surface area contributed by atoms with Gasteiger partial charge in [-0.05, 0) is 16.8 Å². The predicted molar refractivity (Wildman–Crippen MR) is 99.1 cm³/mol. The number of rotatable bonds is 3. The highest BCUT2D eigenvalue weighted by Gasteiger charge is 2.28. The number of hydrogen-bond acceptors (Lipinski definition) is 4. The summed E-state index contributed by atoms with van der Waals surface area (Å²) >= 11 is 0. The highest BCUT2D eigenvalue weighted by atomic mass is 16.5. The Morgan fingerprint density at radius 1 is 1.19 bits per heavy atom. The predicted octanol–water partition coefficient (Wildman–Crippen LogP) is 1.91. The van der Waals surface area contributed by atoms with E-state index in [1.54, 1.807) is 6.07 Å². The van der Waals surface area contributed by atoms with Crippen molar-refractivity contribution in [2.24, 2.45) is 5.92 Å². The third-order valence-electron chi connectivity index (χ3n) is 5.38. The van der Waals surface area contributed by atoms with E-state index in [-0.39, 0.29) is 17.5 Å². The van der Waals surface area contributed by atoms with Gasteiger partial charge in [-0.15, -0.1) is 0 Å². The third-order valence-corrected chi connectivity index (χ3v) is 5.38. The van der Waals surface area contributed by atoms with Crippen LogP contribution in [0.3, 0.4) is 0 Å². The molecule has 0 saturated carbocycles.